The summed E-state index contributed by atoms with van der Waals surface area (Å²) in [4.78, 5) is 2.27. The molecule has 0 bridgehead atoms. The van der Waals surface area contributed by atoms with E-state index in [0.29, 0.717) is 5.92 Å². The Bertz CT molecular complexity index is 206. The number of rotatable bonds is 6. The van der Waals surface area contributed by atoms with Crippen LogP contribution in [0.5, 0.6) is 0 Å². The van der Waals surface area contributed by atoms with Crippen LogP contribution in [0.15, 0.2) is 12.7 Å². The summed E-state index contributed by atoms with van der Waals surface area (Å²) in [5, 5.41) is 19.4. The van der Waals surface area contributed by atoms with Gasteiger partial charge in [-0.2, -0.15) is 0 Å². The van der Waals surface area contributed by atoms with E-state index >= 15 is 0 Å². The average Bonchev–Trinajstić information content (AvgIpc) is 2.26. The van der Waals surface area contributed by atoms with Crippen LogP contribution < -0.4 is 0 Å². The SMILES string of the molecule is C=CCC[C@H](O)CN1CCC[C@@H]([C@H](C)O)C1. The molecule has 3 nitrogen and oxygen atoms in total. The second kappa shape index (κ2) is 7.05. The molecule has 3 heteroatoms. The van der Waals surface area contributed by atoms with Gasteiger partial charge in [0.15, 0.2) is 0 Å². The first-order valence-corrected chi connectivity index (χ1v) is 6.33. The summed E-state index contributed by atoms with van der Waals surface area (Å²) in [7, 11) is 0. The van der Waals surface area contributed by atoms with Gasteiger partial charge in [-0.3, -0.25) is 0 Å². The van der Waals surface area contributed by atoms with E-state index in [1.165, 1.54) is 0 Å². The summed E-state index contributed by atoms with van der Waals surface area (Å²) < 4.78 is 0. The van der Waals surface area contributed by atoms with Gasteiger partial charge in [-0.15, -0.1) is 6.58 Å². The van der Waals surface area contributed by atoms with Gasteiger partial charge >= 0.3 is 0 Å². The maximum absolute atomic E-state index is 9.81. The van der Waals surface area contributed by atoms with Crippen molar-refractivity contribution < 1.29 is 10.2 Å². The fourth-order valence-electron chi connectivity index (χ4n) is 2.35. The summed E-state index contributed by atoms with van der Waals surface area (Å²) in [6.45, 7) is 8.22. The van der Waals surface area contributed by atoms with Gasteiger partial charge in [0.25, 0.3) is 0 Å². The van der Waals surface area contributed by atoms with E-state index in [9.17, 15) is 10.2 Å². The molecule has 1 aliphatic heterocycles. The maximum atomic E-state index is 9.81. The molecular weight excluding hydrogens is 202 g/mol. The van der Waals surface area contributed by atoms with Gasteiger partial charge < -0.3 is 15.1 Å². The van der Waals surface area contributed by atoms with Crippen molar-refractivity contribution in [2.45, 2.75) is 44.8 Å². The number of hydrogen-bond acceptors (Lipinski definition) is 3. The molecule has 0 aromatic carbocycles. The summed E-state index contributed by atoms with van der Waals surface area (Å²) in [5.74, 6) is 0.375. The molecule has 0 aliphatic carbocycles. The number of allylic oxidation sites excluding steroid dienone is 1. The number of likely N-dealkylation sites (tertiary alicyclic amines) is 1. The predicted octanol–water partition coefficient (Wildman–Crippen LogP) is 1.41. The van der Waals surface area contributed by atoms with Crippen molar-refractivity contribution in [1.82, 2.24) is 4.90 Å². The van der Waals surface area contributed by atoms with E-state index in [0.717, 1.165) is 45.3 Å². The lowest BCUT2D eigenvalue weighted by Crippen LogP contribution is -2.42. The number of aliphatic hydroxyl groups excluding tert-OH is 2. The van der Waals surface area contributed by atoms with Crippen molar-refractivity contribution in [3.8, 4) is 0 Å². The molecule has 0 aromatic rings. The molecule has 0 amide bonds. The van der Waals surface area contributed by atoms with E-state index in [4.69, 9.17) is 0 Å². The first kappa shape index (κ1) is 13.7. The second-order valence-electron chi connectivity index (χ2n) is 4.92. The minimum absolute atomic E-state index is 0.229. The lowest BCUT2D eigenvalue weighted by molar-refractivity contribution is 0.0363. The van der Waals surface area contributed by atoms with Crippen LogP contribution in [0.4, 0.5) is 0 Å². The fraction of sp³-hybridized carbons (Fsp3) is 0.846. The highest BCUT2D eigenvalue weighted by molar-refractivity contribution is 4.78. The number of aliphatic hydroxyl groups is 2. The van der Waals surface area contributed by atoms with Crippen molar-refractivity contribution in [3.05, 3.63) is 12.7 Å². The van der Waals surface area contributed by atoms with Crippen molar-refractivity contribution in [3.63, 3.8) is 0 Å². The molecular formula is C13H25NO2. The smallest absolute Gasteiger partial charge is 0.0670 e. The van der Waals surface area contributed by atoms with Crippen LogP contribution in [-0.4, -0.2) is 47.0 Å². The molecule has 1 heterocycles. The van der Waals surface area contributed by atoms with Crippen molar-refractivity contribution in [2.24, 2.45) is 5.92 Å². The Morgan fingerprint density at radius 3 is 2.88 bits per heavy atom. The molecule has 3 atom stereocenters. The average molecular weight is 227 g/mol. The Morgan fingerprint density at radius 1 is 1.50 bits per heavy atom. The molecule has 0 aromatic heterocycles. The molecule has 2 N–H and O–H groups in total. The number of piperidine rings is 1. The Hall–Kier alpha value is -0.380. The highest BCUT2D eigenvalue weighted by Gasteiger charge is 2.24. The lowest BCUT2D eigenvalue weighted by Gasteiger charge is -2.35. The van der Waals surface area contributed by atoms with E-state index in [1.807, 2.05) is 13.0 Å². The van der Waals surface area contributed by atoms with Crippen LogP contribution >= 0.6 is 0 Å². The zero-order valence-corrected chi connectivity index (χ0v) is 10.3. The summed E-state index contributed by atoms with van der Waals surface area (Å²) in [5.41, 5.74) is 0. The van der Waals surface area contributed by atoms with Gasteiger partial charge in [0, 0.05) is 13.1 Å². The monoisotopic (exact) mass is 227 g/mol. The van der Waals surface area contributed by atoms with Crippen LogP contribution in [0.25, 0.3) is 0 Å². The lowest BCUT2D eigenvalue weighted by atomic mass is 9.93. The molecule has 1 aliphatic rings. The van der Waals surface area contributed by atoms with E-state index in [-0.39, 0.29) is 12.2 Å². The summed E-state index contributed by atoms with van der Waals surface area (Å²) in [6.07, 6.45) is 5.26. The first-order chi connectivity index (χ1) is 7.63. The highest BCUT2D eigenvalue weighted by Crippen LogP contribution is 2.20. The van der Waals surface area contributed by atoms with Crippen LogP contribution in [0.1, 0.15) is 32.6 Å². The largest absolute Gasteiger partial charge is 0.393 e. The van der Waals surface area contributed by atoms with E-state index in [1.54, 1.807) is 0 Å². The minimum atomic E-state index is -0.259. The van der Waals surface area contributed by atoms with E-state index < -0.39 is 0 Å². The third-order valence-electron chi connectivity index (χ3n) is 3.40. The Morgan fingerprint density at radius 2 is 2.25 bits per heavy atom. The Balaban J connectivity index is 2.28. The summed E-state index contributed by atoms with van der Waals surface area (Å²) >= 11 is 0. The molecule has 0 radical (unpaired) electrons. The van der Waals surface area contributed by atoms with Crippen LogP contribution in [0.2, 0.25) is 0 Å². The van der Waals surface area contributed by atoms with Crippen molar-refractivity contribution >= 4 is 0 Å². The van der Waals surface area contributed by atoms with Gasteiger partial charge in [-0.25, -0.2) is 0 Å². The maximum Gasteiger partial charge on any atom is 0.0670 e. The van der Waals surface area contributed by atoms with Crippen molar-refractivity contribution in [1.29, 1.82) is 0 Å². The highest BCUT2D eigenvalue weighted by atomic mass is 16.3. The third-order valence-corrected chi connectivity index (χ3v) is 3.40. The van der Waals surface area contributed by atoms with Gasteiger partial charge in [0.2, 0.25) is 0 Å². The molecule has 16 heavy (non-hydrogen) atoms. The molecule has 0 saturated carbocycles. The Kier molecular flexibility index (Phi) is 6.03. The zero-order chi connectivity index (χ0) is 12.0. The second-order valence-corrected chi connectivity index (χ2v) is 4.92. The fourth-order valence-corrected chi connectivity index (χ4v) is 2.35. The molecule has 1 rings (SSSR count). The van der Waals surface area contributed by atoms with Crippen LogP contribution in [0, 0.1) is 5.92 Å². The van der Waals surface area contributed by atoms with Gasteiger partial charge in [-0.05, 0) is 45.1 Å². The molecule has 94 valence electrons. The standard InChI is InChI=1S/C13H25NO2/c1-3-4-7-13(16)10-14-8-5-6-12(9-14)11(2)15/h3,11-13,15-16H,1,4-10H2,2H3/t11-,12+,13-/m0/s1. The minimum Gasteiger partial charge on any atom is -0.393 e. The van der Waals surface area contributed by atoms with Crippen molar-refractivity contribution in [2.75, 3.05) is 19.6 Å². The van der Waals surface area contributed by atoms with Gasteiger partial charge in [0.1, 0.15) is 0 Å². The predicted molar refractivity (Wildman–Crippen MR) is 66.3 cm³/mol. The normalized spacial score (nSPS) is 26.3. The third kappa shape index (κ3) is 4.64. The number of nitrogens with zero attached hydrogens (tertiary/aromatic N) is 1. The number of hydrogen-bond donors (Lipinski definition) is 2. The number of β-amino-alcohol motifs (C(OH)–C–C–N with tert-alkyl or cyclic N) is 1. The quantitative estimate of drug-likeness (QED) is 0.674. The first-order valence-electron chi connectivity index (χ1n) is 6.33. The van der Waals surface area contributed by atoms with E-state index in [2.05, 4.69) is 11.5 Å². The molecule has 0 spiro atoms. The topological polar surface area (TPSA) is 43.7 Å². The summed E-state index contributed by atoms with van der Waals surface area (Å²) in [6, 6.07) is 0. The Labute approximate surface area is 98.8 Å². The molecule has 1 fully saturated rings. The zero-order valence-electron chi connectivity index (χ0n) is 10.3. The van der Waals surface area contributed by atoms with Crippen LogP contribution in [-0.2, 0) is 0 Å². The van der Waals surface area contributed by atoms with Crippen LogP contribution in [0.3, 0.4) is 0 Å². The molecule has 0 unspecified atom stereocenters. The molecule has 1 saturated heterocycles. The van der Waals surface area contributed by atoms with Gasteiger partial charge in [0.05, 0.1) is 12.2 Å². The van der Waals surface area contributed by atoms with Gasteiger partial charge in [-0.1, -0.05) is 6.08 Å².